The minimum absolute atomic E-state index is 0.00682. The van der Waals surface area contributed by atoms with E-state index < -0.39 is 10.8 Å². The molecule has 1 aromatic carbocycles. The van der Waals surface area contributed by atoms with Gasteiger partial charge in [0.15, 0.2) is 0 Å². The fourth-order valence-corrected chi connectivity index (χ4v) is 6.79. The van der Waals surface area contributed by atoms with E-state index in [1.165, 1.54) is 15.3 Å². The van der Waals surface area contributed by atoms with Crippen molar-refractivity contribution in [2.75, 3.05) is 32.8 Å². The molecule has 4 fully saturated rings. The molecule has 3 heterocycles. The normalized spacial score (nSPS) is 27.0. The first kappa shape index (κ1) is 23.2. The van der Waals surface area contributed by atoms with Crippen LogP contribution in [0.4, 0.5) is 18.0 Å². The summed E-state index contributed by atoms with van der Waals surface area (Å²) in [4.78, 5) is 25.3. The maximum absolute atomic E-state index is 14.4. The molecule has 1 aliphatic carbocycles. The Bertz CT molecular complexity index is 949. The van der Waals surface area contributed by atoms with Gasteiger partial charge in [-0.05, 0) is 70.3 Å². The largest absolute Gasteiger partial charge is 0.366 e. The third kappa shape index (κ3) is 4.98. The van der Waals surface area contributed by atoms with Gasteiger partial charge < -0.3 is 19.9 Å². The molecule has 0 radical (unpaired) electrons. The summed E-state index contributed by atoms with van der Waals surface area (Å²) in [6.45, 7) is 2.59. The Hall–Kier alpha value is -1.51. The number of ether oxygens (including phenoxy) is 1. The number of morpholine rings is 1. The van der Waals surface area contributed by atoms with Gasteiger partial charge in [-0.15, -0.1) is 0 Å². The zero-order chi connectivity index (χ0) is 23.4. The van der Waals surface area contributed by atoms with Crippen molar-refractivity contribution >= 4 is 32.9 Å². The first-order valence-corrected chi connectivity index (χ1v) is 12.6. The number of carbonyl (C=O) groups excluding carboxylic acids is 2. The molecule has 4 aliphatic rings. The Morgan fingerprint density at radius 1 is 1.30 bits per heavy atom. The van der Waals surface area contributed by atoms with Gasteiger partial charge in [0.05, 0.1) is 12.1 Å². The topological polar surface area (TPSA) is 61.9 Å². The number of thioether (sulfide) groups is 1. The number of halogens is 3. The number of urea groups is 1. The monoisotopic (exact) mass is 501 g/mol. The van der Waals surface area contributed by atoms with Crippen molar-refractivity contribution in [3.05, 3.63) is 29.6 Å². The highest BCUT2D eigenvalue weighted by molar-refractivity contribution is 8.03. The molecule has 1 aromatic rings. The van der Waals surface area contributed by atoms with Crippen LogP contribution in [0.5, 0.6) is 0 Å². The number of hydrogen-bond acceptors (Lipinski definition) is 4. The SMILES string of the molecule is O=C1CO[C@H]2CCN(C(=O)N3CC4(CC(Cc5ccc(SC(F)(F)P)cc5F)C4)C3)C[C@H]2N1. The first-order valence-electron chi connectivity index (χ1n) is 11.2. The van der Waals surface area contributed by atoms with Gasteiger partial charge in [-0.1, -0.05) is 6.07 Å². The van der Waals surface area contributed by atoms with Crippen LogP contribution in [0.25, 0.3) is 0 Å². The summed E-state index contributed by atoms with van der Waals surface area (Å²) in [7, 11) is 1.45. The molecular weight excluding hydrogens is 474 g/mol. The summed E-state index contributed by atoms with van der Waals surface area (Å²) in [6.07, 6.45) is 3.15. The Labute approximate surface area is 197 Å². The van der Waals surface area contributed by atoms with Crippen LogP contribution in [0.1, 0.15) is 24.8 Å². The third-order valence-electron chi connectivity index (χ3n) is 7.15. The lowest BCUT2D eigenvalue weighted by molar-refractivity contribution is -0.140. The number of fused-ring (bicyclic) bond motifs is 1. The molecule has 1 spiro atoms. The number of likely N-dealkylation sites (tertiary alicyclic amines) is 2. The van der Waals surface area contributed by atoms with Crippen molar-refractivity contribution in [2.24, 2.45) is 11.3 Å². The van der Waals surface area contributed by atoms with Crippen LogP contribution in [0.3, 0.4) is 0 Å². The Balaban J connectivity index is 1.08. The van der Waals surface area contributed by atoms with Crippen LogP contribution >= 0.6 is 21.0 Å². The summed E-state index contributed by atoms with van der Waals surface area (Å²) < 4.78 is 46.1. The zero-order valence-electron chi connectivity index (χ0n) is 18.1. The molecule has 5 rings (SSSR count). The van der Waals surface area contributed by atoms with E-state index in [-0.39, 0.29) is 41.0 Å². The number of benzene rings is 1. The maximum Gasteiger partial charge on any atom is 0.320 e. The summed E-state index contributed by atoms with van der Waals surface area (Å²) in [5, 5.41) is 2.92. The summed E-state index contributed by atoms with van der Waals surface area (Å²) in [5.41, 5.74) is 0.673. The van der Waals surface area contributed by atoms with Gasteiger partial charge in [0.25, 0.3) is 0 Å². The molecule has 0 aromatic heterocycles. The highest BCUT2D eigenvalue weighted by atomic mass is 32.2. The van der Waals surface area contributed by atoms with Crippen LogP contribution < -0.4 is 5.32 Å². The molecule has 1 N–H and O–H groups in total. The van der Waals surface area contributed by atoms with Gasteiger partial charge in [-0.25, -0.2) is 9.18 Å². The average Bonchev–Trinajstić information content (AvgIpc) is 2.68. The van der Waals surface area contributed by atoms with E-state index in [1.54, 1.807) is 17.0 Å². The number of nitrogens with zero attached hydrogens (tertiary/aromatic N) is 2. The lowest BCUT2D eigenvalue weighted by atomic mass is 9.56. The Morgan fingerprint density at radius 3 is 2.76 bits per heavy atom. The van der Waals surface area contributed by atoms with Crippen molar-refractivity contribution in [1.29, 1.82) is 0 Å². The lowest BCUT2D eigenvalue weighted by Gasteiger charge is -2.60. The van der Waals surface area contributed by atoms with E-state index in [4.69, 9.17) is 4.74 Å². The Kier molecular flexibility index (Phi) is 6.07. The molecule has 3 saturated heterocycles. The molecule has 1 unspecified atom stereocenters. The number of amides is 3. The molecule has 1 saturated carbocycles. The third-order valence-corrected chi connectivity index (χ3v) is 8.26. The second kappa shape index (κ2) is 8.61. The number of hydrogen-bond donors (Lipinski definition) is 1. The molecule has 3 amide bonds. The number of alkyl halides is 2. The number of piperidine rings is 1. The maximum atomic E-state index is 14.4. The second-order valence-corrected chi connectivity index (χ2v) is 12.2. The van der Waals surface area contributed by atoms with Crippen LogP contribution in [-0.2, 0) is 16.0 Å². The average molecular weight is 502 g/mol. The number of nitrogens with one attached hydrogen (secondary N) is 1. The second-order valence-electron chi connectivity index (χ2n) is 9.79. The zero-order valence-corrected chi connectivity index (χ0v) is 20.0. The quantitative estimate of drug-likeness (QED) is 0.508. The summed E-state index contributed by atoms with van der Waals surface area (Å²) >= 11 is 0.316. The highest BCUT2D eigenvalue weighted by Gasteiger charge is 2.54. The predicted molar refractivity (Wildman–Crippen MR) is 121 cm³/mol. The molecule has 3 aliphatic heterocycles. The van der Waals surface area contributed by atoms with Crippen molar-refractivity contribution in [2.45, 2.75) is 47.7 Å². The van der Waals surface area contributed by atoms with Crippen LogP contribution in [0.2, 0.25) is 0 Å². The fraction of sp³-hybridized carbons (Fsp3) is 0.636. The summed E-state index contributed by atoms with van der Waals surface area (Å²) in [6, 6.07) is 4.19. The van der Waals surface area contributed by atoms with Crippen molar-refractivity contribution in [3.8, 4) is 0 Å². The van der Waals surface area contributed by atoms with E-state index in [1.807, 2.05) is 4.90 Å². The molecule has 0 bridgehead atoms. The lowest BCUT2D eigenvalue weighted by Crippen LogP contribution is -2.68. The molecule has 11 heteroatoms. The van der Waals surface area contributed by atoms with Gasteiger partial charge in [-0.2, -0.15) is 8.78 Å². The van der Waals surface area contributed by atoms with Gasteiger partial charge in [-0.3, -0.25) is 4.79 Å². The molecule has 33 heavy (non-hydrogen) atoms. The van der Waals surface area contributed by atoms with Crippen LogP contribution in [0.15, 0.2) is 23.1 Å². The van der Waals surface area contributed by atoms with Crippen molar-refractivity contribution in [3.63, 3.8) is 0 Å². The highest BCUT2D eigenvalue weighted by Crippen LogP contribution is 2.53. The van der Waals surface area contributed by atoms with Crippen molar-refractivity contribution in [1.82, 2.24) is 15.1 Å². The minimum atomic E-state index is -3.02. The van der Waals surface area contributed by atoms with Crippen LogP contribution in [0, 0.1) is 17.2 Å². The van der Waals surface area contributed by atoms with Gasteiger partial charge in [0.2, 0.25) is 5.91 Å². The predicted octanol–water partition coefficient (Wildman–Crippen LogP) is 3.31. The van der Waals surface area contributed by atoms with E-state index in [0.717, 1.165) is 19.3 Å². The molecule has 6 nitrogen and oxygen atoms in total. The van der Waals surface area contributed by atoms with Crippen molar-refractivity contribution < 1.29 is 27.5 Å². The van der Waals surface area contributed by atoms with Crippen LogP contribution in [-0.4, -0.2) is 71.7 Å². The van der Waals surface area contributed by atoms with Gasteiger partial charge in [0.1, 0.15) is 12.4 Å². The molecule has 180 valence electrons. The van der Waals surface area contributed by atoms with E-state index >= 15 is 0 Å². The van der Waals surface area contributed by atoms with E-state index in [9.17, 15) is 22.8 Å². The first-order chi connectivity index (χ1) is 15.6. The van der Waals surface area contributed by atoms with Gasteiger partial charge in [0, 0.05) is 36.5 Å². The summed E-state index contributed by atoms with van der Waals surface area (Å²) in [5.74, 6) is -0.243. The van der Waals surface area contributed by atoms with E-state index in [2.05, 4.69) is 5.32 Å². The van der Waals surface area contributed by atoms with E-state index in [0.29, 0.717) is 55.8 Å². The Morgan fingerprint density at radius 2 is 2.06 bits per heavy atom. The smallest absolute Gasteiger partial charge is 0.320 e. The van der Waals surface area contributed by atoms with Gasteiger partial charge >= 0.3 is 11.0 Å². The fourth-order valence-electron chi connectivity index (χ4n) is 5.76. The molecular formula is C22H27F3N3O3PS. The molecule has 3 atom stereocenters. The number of rotatable bonds is 4. The standard InChI is InChI=1S/C22H27F3N3O3PS/c23-16-6-15(33-22(24,25)32)2-1-14(16)5-13-7-21(8-13)11-28(12-21)20(30)27-4-3-18-17(9-27)26-19(29)10-31-18/h1-2,6,13,17-18H,3-5,7-12,32H2,(H,26,29)/t17-,18+/m1/s1. The minimum Gasteiger partial charge on any atom is -0.366 e. The number of carbonyl (C=O) groups is 2.